The average molecular weight is 844 g/mol. The second kappa shape index (κ2) is 17.3. The number of quaternary nitrogens is 1. The lowest BCUT2D eigenvalue weighted by Crippen LogP contribution is -3.09. The fraction of sp³-hybridized carbons (Fsp3) is 0.455. The molecule has 2 aromatic rings. The van der Waals surface area contributed by atoms with Crippen LogP contribution in [0.4, 0.5) is 11.4 Å². The summed E-state index contributed by atoms with van der Waals surface area (Å²) >= 11 is 0. The van der Waals surface area contributed by atoms with Crippen LogP contribution in [0.1, 0.15) is 77.3 Å². The van der Waals surface area contributed by atoms with Gasteiger partial charge in [-0.1, -0.05) is 50.2 Å². The number of benzene rings is 2. The molecule has 6 rings (SSSR count). The zero-order valence-electron chi connectivity index (χ0n) is 35.3. The van der Waals surface area contributed by atoms with Crippen molar-refractivity contribution in [1.82, 2.24) is 15.7 Å². The highest BCUT2D eigenvalue weighted by atomic mass is 32.2. The summed E-state index contributed by atoms with van der Waals surface area (Å²) in [4.78, 5) is 71.4. The van der Waals surface area contributed by atoms with Gasteiger partial charge < -0.3 is 29.8 Å². The number of carbonyl (C=O) groups is 5. The van der Waals surface area contributed by atoms with Crippen LogP contribution in [0, 0.1) is 0 Å². The molecule has 15 nitrogen and oxygen atoms in total. The van der Waals surface area contributed by atoms with E-state index in [-0.39, 0.29) is 48.4 Å². The summed E-state index contributed by atoms with van der Waals surface area (Å²) in [5, 5.41) is 6.39. The number of hydrogen-bond acceptors (Lipinski definition) is 11. The lowest BCUT2D eigenvalue weighted by molar-refractivity contribution is -0.878. The van der Waals surface area contributed by atoms with Crippen LogP contribution >= 0.6 is 0 Å². The zero-order valence-corrected chi connectivity index (χ0v) is 36.2. The van der Waals surface area contributed by atoms with E-state index in [0.717, 1.165) is 45.2 Å². The number of hydrogen-bond donors (Lipinski definition) is 3. The van der Waals surface area contributed by atoms with Crippen molar-refractivity contribution in [3.05, 3.63) is 94.4 Å². The molecule has 4 aliphatic rings. The van der Waals surface area contributed by atoms with Crippen LogP contribution in [0.5, 0.6) is 0 Å². The number of fused-ring (bicyclic) bond motifs is 2. The van der Waals surface area contributed by atoms with Crippen molar-refractivity contribution < 1.29 is 51.3 Å². The van der Waals surface area contributed by atoms with Gasteiger partial charge >= 0.3 is 5.97 Å². The number of Topliss-reactive ketones (excluding diaryl/α,β-unsaturated/α-hetero) is 1. The molecule has 0 radical (unpaired) electrons. The zero-order chi connectivity index (χ0) is 43.7. The Morgan fingerprint density at radius 2 is 1.58 bits per heavy atom. The third-order valence-electron chi connectivity index (χ3n) is 12.0. The number of hydroxylamine groups is 2. The molecule has 1 fully saturated rings. The Hall–Kier alpha value is -5.45. The molecule has 2 aromatic carbocycles. The number of nitrogens with zero attached hydrogens (tertiary/aromatic N) is 3. The Labute approximate surface area is 351 Å². The lowest BCUT2D eigenvalue weighted by atomic mass is 9.77. The number of anilines is 1. The van der Waals surface area contributed by atoms with Crippen LogP contribution in [-0.4, -0.2) is 110 Å². The van der Waals surface area contributed by atoms with E-state index in [9.17, 15) is 36.9 Å². The highest BCUT2D eigenvalue weighted by molar-refractivity contribution is 7.85. The lowest BCUT2D eigenvalue weighted by Gasteiger charge is -2.32. The Kier molecular flexibility index (Phi) is 12.7. The van der Waals surface area contributed by atoms with Gasteiger partial charge in [-0.25, -0.2) is 13.2 Å². The van der Waals surface area contributed by atoms with Gasteiger partial charge in [0.15, 0.2) is 11.5 Å². The molecule has 60 heavy (non-hydrogen) atoms. The first kappa shape index (κ1) is 44.1. The van der Waals surface area contributed by atoms with Crippen LogP contribution in [0.2, 0.25) is 0 Å². The average Bonchev–Trinajstić information content (AvgIpc) is 3.68. The van der Waals surface area contributed by atoms with Crippen molar-refractivity contribution in [2.75, 3.05) is 51.4 Å². The van der Waals surface area contributed by atoms with E-state index in [1.54, 1.807) is 12.2 Å². The van der Waals surface area contributed by atoms with E-state index >= 15 is 0 Å². The topological polar surface area (TPSA) is 190 Å². The summed E-state index contributed by atoms with van der Waals surface area (Å²) in [7, 11) is 0.878. The molecular formula is C44H55N6O9S+. The molecule has 1 aliphatic carbocycles. The summed E-state index contributed by atoms with van der Waals surface area (Å²) in [6.45, 7) is 9.63. The number of likely N-dealkylation sites (N-methyl/N-ethyl adjacent to an activating group) is 2. The number of unbranched alkanes of at least 4 members (excludes halogenated alkanes) is 2. The highest BCUT2D eigenvalue weighted by Gasteiger charge is 2.46. The van der Waals surface area contributed by atoms with Crippen molar-refractivity contribution in [2.45, 2.75) is 83.1 Å². The third-order valence-corrected chi connectivity index (χ3v) is 12.8. The Morgan fingerprint density at radius 1 is 0.933 bits per heavy atom. The van der Waals surface area contributed by atoms with Gasteiger partial charge in [0.1, 0.15) is 13.1 Å². The SMILES string of the molecule is CN1/C(=C/C2=C(NC(CS(=O)(=O)[O-])C(=O)NCC[NH+](C)CCCCCC(=O)ON3C(=O)CCC3=O)C(=C/C3=[N+](C)c4ccccc4C3(C)C)/C2=O)C(C)(C)c2ccccc21. The maximum Gasteiger partial charge on any atom is 0.333 e. The summed E-state index contributed by atoms with van der Waals surface area (Å²) in [5.41, 5.74) is 5.68. The maximum absolute atomic E-state index is 14.3. The van der Waals surface area contributed by atoms with E-state index < -0.39 is 56.4 Å². The van der Waals surface area contributed by atoms with Crippen molar-refractivity contribution >= 4 is 56.7 Å². The second-order valence-electron chi connectivity index (χ2n) is 17.0. The van der Waals surface area contributed by atoms with Gasteiger partial charge in [0.25, 0.3) is 11.8 Å². The molecular weight excluding hydrogens is 789 g/mol. The standard InChI is InChI=1S/C44H54N6O9S/c1-43(2)30-15-10-12-17-33(30)48(6)35(43)25-28-40(29(41(28)54)26-36-44(3,4)31-16-11-13-18-34(31)49(36)7)46-32(27-60(56,57)58)42(55)45-22-24-47(5)23-14-8-9-19-39(53)59-50-37(51)20-21-38(50)52/h10-13,15-18,25-26,32H,8-9,14,19-24,27H2,1-7H3,(H2-,45,46,54,55,56,57,58)/p+1. The monoisotopic (exact) mass is 843 g/mol. The quantitative estimate of drug-likeness (QED) is 0.0696. The van der Waals surface area contributed by atoms with E-state index in [4.69, 9.17) is 4.84 Å². The molecule has 320 valence electrons. The van der Waals surface area contributed by atoms with Crippen LogP contribution < -0.4 is 20.4 Å². The third kappa shape index (κ3) is 9.00. The van der Waals surface area contributed by atoms with Crippen LogP contribution in [0.15, 0.2) is 83.2 Å². The minimum atomic E-state index is -4.91. The van der Waals surface area contributed by atoms with Crippen LogP contribution in [0.25, 0.3) is 0 Å². The largest absolute Gasteiger partial charge is 0.748 e. The van der Waals surface area contributed by atoms with Crippen molar-refractivity contribution in [1.29, 1.82) is 0 Å². The van der Waals surface area contributed by atoms with Gasteiger partial charge in [0.05, 0.1) is 59.2 Å². The number of carbonyl (C=O) groups excluding carboxylic acids is 5. The number of imide groups is 1. The summed E-state index contributed by atoms with van der Waals surface area (Å²) in [6.07, 6.45) is 5.65. The summed E-state index contributed by atoms with van der Waals surface area (Å²) in [6, 6.07) is 14.4. The number of ketones is 1. The molecule has 3 amide bonds. The molecule has 2 unspecified atom stereocenters. The number of nitrogens with one attached hydrogen (secondary N) is 3. The van der Waals surface area contributed by atoms with E-state index in [1.165, 1.54) is 0 Å². The highest BCUT2D eigenvalue weighted by Crippen LogP contribution is 2.48. The normalized spacial score (nSPS) is 20.4. The number of para-hydroxylation sites is 2. The smallest absolute Gasteiger partial charge is 0.333 e. The fourth-order valence-electron chi connectivity index (χ4n) is 8.56. The molecule has 0 bridgehead atoms. The molecule has 1 saturated heterocycles. The molecule has 3 N–H and O–H groups in total. The molecule has 3 aliphatic heterocycles. The number of allylic oxidation sites excluding steroid dienone is 5. The van der Waals surface area contributed by atoms with Crippen molar-refractivity contribution in [3.8, 4) is 0 Å². The molecule has 2 atom stereocenters. The second-order valence-corrected chi connectivity index (χ2v) is 18.5. The van der Waals surface area contributed by atoms with Gasteiger partial charge in [-0.2, -0.15) is 4.58 Å². The van der Waals surface area contributed by atoms with Gasteiger partial charge in [-0.05, 0) is 50.8 Å². The molecule has 3 heterocycles. The van der Waals surface area contributed by atoms with Crippen molar-refractivity contribution in [2.24, 2.45) is 0 Å². The fourth-order valence-corrected chi connectivity index (χ4v) is 9.21. The minimum absolute atomic E-state index is 0.0338. The van der Waals surface area contributed by atoms with Crippen molar-refractivity contribution in [3.63, 3.8) is 0 Å². The van der Waals surface area contributed by atoms with Crippen LogP contribution in [-0.2, 0) is 49.8 Å². The Balaban J connectivity index is 1.17. The van der Waals surface area contributed by atoms with Gasteiger partial charge in [0.2, 0.25) is 11.6 Å². The number of rotatable bonds is 17. The minimum Gasteiger partial charge on any atom is -0.748 e. The molecule has 0 aromatic heterocycles. The maximum atomic E-state index is 14.3. The molecule has 0 spiro atoms. The first-order valence-corrected chi connectivity index (χ1v) is 21.9. The first-order valence-electron chi connectivity index (χ1n) is 20.3. The number of amides is 3. The van der Waals surface area contributed by atoms with Gasteiger partial charge in [-0.3, -0.25) is 19.2 Å². The van der Waals surface area contributed by atoms with E-state index in [2.05, 4.69) is 38.3 Å². The van der Waals surface area contributed by atoms with Crippen LogP contribution in [0.3, 0.4) is 0 Å². The van der Waals surface area contributed by atoms with E-state index in [1.807, 2.05) is 79.1 Å². The molecule has 0 saturated carbocycles. The first-order chi connectivity index (χ1) is 28.2. The summed E-state index contributed by atoms with van der Waals surface area (Å²) in [5.74, 6) is -3.70. The Bertz CT molecular complexity index is 2340. The predicted molar refractivity (Wildman–Crippen MR) is 223 cm³/mol. The predicted octanol–water partition coefficient (Wildman–Crippen LogP) is 2.07. The van der Waals surface area contributed by atoms with Gasteiger partial charge in [-0.15, -0.1) is 5.06 Å². The Morgan fingerprint density at radius 3 is 2.23 bits per heavy atom. The molecule has 16 heteroatoms. The van der Waals surface area contributed by atoms with Gasteiger partial charge in [0, 0.05) is 66.4 Å². The summed E-state index contributed by atoms with van der Waals surface area (Å²) < 4.78 is 38.8. The van der Waals surface area contributed by atoms with E-state index in [0.29, 0.717) is 31.0 Å².